The summed E-state index contributed by atoms with van der Waals surface area (Å²) in [5.41, 5.74) is -0.296. The molecule has 0 bridgehead atoms. The Balaban J connectivity index is 2.78. The highest BCUT2D eigenvalue weighted by atomic mass is 19.1. The van der Waals surface area contributed by atoms with Crippen LogP contribution in [0.2, 0.25) is 0 Å². The molecule has 1 aromatic rings. The second-order valence-corrected chi connectivity index (χ2v) is 2.60. The van der Waals surface area contributed by atoms with Gasteiger partial charge < -0.3 is 5.32 Å². The van der Waals surface area contributed by atoms with Gasteiger partial charge in [0, 0.05) is 5.69 Å². The van der Waals surface area contributed by atoms with Gasteiger partial charge in [-0.2, -0.15) is 0 Å². The Labute approximate surface area is 84.4 Å². The molecule has 0 saturated carbocycles. The van der Waals surface area contributed by atoms with Crippen LogP contribution in [0.4, 0.5) is 10.1 Å². The summed E-state index contributed by atoms with van der Waals surface area (Å²) in [7, 11) is 0. The summed E-state index contributed by atoms with van der Waals surface area (Å²) in [5, 5.41) is 12.7. The summed E-state index contributed by atoms with van der Waals surface area (Å²) in [5.74, 6) is -0.470. The molecule has 5 nitrogen and oxygen atoms in total. The zero-order chi connectivity index (χ0) is 11.3. The Morgan fingerprint density at radius 2 is 2.27 bits per heavy atom. The van der Waals surface area contributed by atoms with Gasteiger partial charge in [0.25, 0.3) is 0 Å². The molecule has 0 spiro atoms. The van der Waals surface area contributed by atoms with Crippen LogP contribution in [0.15, 0.2) is 36.2 Å². The fourth-order valence-electron chi connectivity index (χ4n) is 0.865. The number of nitrogens with one attached hydrogen (secondary N) is 1. The van der Waals surface area contributed by atoms with Gasteiger partial charge in [0.15, 0.2) is 0 Å². The molecule has 0 atom stereocenters. The fraction of sp³-hybridized carbons (Fsp3) is 0. The van der Waals surface area contributed by atoms with E-state index in [1.807, 2.05) is 0 Å². The number of hydrogen-bond acceptors (Lipinski definition) is 4. The number of hydrogen-bond donors (Lipinski definition) is 1. The summed E-state index contributed by atoms with van der Waals surface area (Å²) >= 11 is 0. The van der Waals surface area contributed by atoms with Crippen molar-refractivity contribution in [2.75, 3.05) is 5.32 Å². The second-order valence-electron chi connectivity index (χ2n) is 2.60. The summed E-state index contributed by atoms with van der Waals surface area (Å²) < 4.78 is 12.7. The van der Waals surface area contributed by atoms with E-state index < -0.39 is 16.4 Å². The Kier molecular flexibility index (Phi) is 3.50. The van der Waals surface area contributed by atoms with Crippen molar-refractivity contribution in [3.8, 4) is 0 Å². The van der Waals surface area contributed by atoms with Crippen LogP contribution in [0.5, 0.6) is 0 Å². The van der Waals surface area contributed by atoms with E-state index in [0.717, 1.165) is 12.3 Å². The van der Waals surface area contributed by atoms with Crippen LogP contribution < -0.4 is 5.32 Å². The van der Waals surface area contributed by atoms with Gasteiger partial charge in [0.2, 0.25) is 6.29 Å². The first-order valence-electron chi connectivity index (χ1n) is 3.95. The first kappa shape index (κ1) is 10.8. The van der Waals surface area contributed by atoms with Gasteiger partial charge in [-0.25, -0.2) is 4.39 Å². The third-order valence-electron chi connectivity index (χ3n) is 1.54. The summed E-state index contributed by atoms with van der Waals surface area (Å²) in [6.45, 7) is 0. The highest BCUT2D eigenvalue weighted by molar-refractivity contribution is 5.70. The number of allylic oxidation sites excluding steroid dienone is 1. The third-order valence-corrected chi connectivity index (χ3v) is 1.54. The van der Waals surface area contributed by atoms with Gasteiger partial charge in [0.05, 0.1) is 11.1 Å². The van der Waals surface area contributed by atoms with Crippen LogP contribution in [-0.2, 0) is 4.79 Å². The third kappa shape index (κ3) is 3.18. The molecule has 0 radical (unpaired) electrons. The van der Waals surface area contributed by atoms with Crippen LogP contribution in [0.1, 0.15) is 0 Å². The van der Waals surface area contributed by atoms with Crippen LogP contribution in [0.25, 0.3) is 0 Å². The molecule has 0 aliphatic rings. The first-order chi connectivity index (χ1) is 7.13. The number of carbonyl (C=O) groups is 1. The standard InChI is InChI=1S/C9H7FN2O3/c10-7-2-1-3-8(4-7)11-5-9(6-13)12(14)15/h1-6,11H/b9-5+. The predicted octanol–water partition coefficient (Wildman–Crippen LogP) is 1.55. The monoisotopic (exact) mass is 210 g/mol. The maximum absolute atomic E-state index is 12.7. The number of rotatable bonds is 4. The van der Waals surface area contributed by atoms with Gasteiger partial charge in [-0.05, 0) is 18.2 Å². The van der Waals surface area contributed by atoms with E-state index in [4.69, 9.17) is 0 Å². The quantitative estimate of drug-likeness (QED) is 0.354. The van der Waals surface area contributed by atoms with Gasteiger partial charge in [-0.3, -0.25) is 14.9 Å². The number of anilines is 1. The first-order valence-corrected chi connectivity index (χ1v) is 3.95. The van der Waals surface area contributed by atoms with Crippen molar-refractivity contribution in [3.63, 3.8) is 0 Å². The van der Waals surface area contributed by atoms with Crippen molar-refractivity contribution >= 4 is 12.0 Å². The molecular formula is C9H7FN2O3. The van der Waals surface area contributed by atoms with Crippen molar-refractivity contribution in [3.05, 3.63) is 52.1 Å². The molecule has 0 aromatic heterocycles. The molecule has 1 N–H and O–H groups in total. The lowest BCUT2D eigenvalue weighted by Crippen LogP contribution is -2.02. The number of halogens is 1. The molecule has 1 rings (SSSR count). The molecule has 0 saturated heterocycles. The maximum atomic E-state index is 12.7. The number of nitro groups is 1. The van der Waals surface area contributed by atoms with Crippen LogP contribution in [-0.4, -0.2) is 11.2 Å². The molecule has 78 valence electrons. The predicted molar refractivity (Wildman–Crippen MR) is 51.2 cm³/mol. The molecular weight excluding hydrogens is 203 g/mol. The van der Waals surface area contributed by atoms with Crippen LogP contribution >= 0.6 is 0 Å². The molecule has 0 heterocycles. The van der Waals surface area contributed by atoms with Crippen LogP contribution in [0, 0.1) is 15.9 Å². The Morgan fingerprint density at radius 3 is 2.80 bits per heavy atom. The topological polar surface area (TPSA) is 72.2 Å². The summed E-state index contributed by atoms with van der Waals surface area (Å²) in [6.07, 6.45) is 1.01. The number of aldehydes is 1. The lowest BCUT2D eigenvalue weighted by molar-refractivity contribution is -0.417. The van der Waals surface area contributed by atoms with Crippen molar-refractivity contribution < 1.29 is 14.1 Å². The normalized spacial score (nSPS) is 10.9. The van der Waals surface area contributed by atoms with Crippen molar-refractivity contribution in [2.45, 2.75) is 0 Å². The van der Waals surface area contributed by atoms with Crippen molar-refractivity contribution in [2.24, 2.45) is 0 Å². The minimum atomic E-state index is -0.834. The van der Waals surface area contributed by atoms with E-state index in [1.54, 1.807) is 0 Å². The summed E-state index contributed by atoms with van der Waals surface area (Å²) in [4.78, 5) is 19.6. The smallest absolute Gasteiger partial charge is 0.324 e. The zero-order valence-corrected chi connectivity index (χ0v) is 7.51. The average molecular weight is 210 g/mol. The molecule has 0 aliphatic heterocycles. The lowest BCUT2D eigenvalue weighted by Gasteiger charge is -1.99. The Morgan fingerprint density at radius 1 is 1.53 bits per heavy atom. The molecule has 0 unspecified atom stereocenters. The molecule has 0 fully saturated rings. The minimum absolute atomic E-state index is 0.103. The molecule has 6 heteroatoms. The fourth-order valence-corrected chi connectivity index (χ4v) is 0.865. The highest BCUT2D eigenvalue weighted by Crippen LogP contribution is 2.09. The van der Waals surface area contributed by atoms with E-state index >= 15 is 0 Å². The Hall–Kier alpha value is -2.24. The number of carbonyl (C=O) groups excluding carboxylic acids is 1. The van der Waals surface area contributed by atoms with E-state index in [-0.39, 0.29) is 6.29 Å². The number of nitrogens with zero attached hydrogens (tertiary/aromatic N) is 1. The summed E-state index contributed by atoms with van der Waals surface area (Å²) in [6, 6.07) is 5.35. The average Bonchev–Trinajstić information content (AvgIpc) is 2.18. The Bertz CT molecular complexity index is 418. The molecule has 1 aromatic carbocycles. The van der Waals surface area contributed by atoms with Gasteiger partial charge in [-0.15, -0.1) is 0 Å². The molecule has 15 heavy (non-hydrogen) atoms. The van der Waals surface area contributed by atoms with Crippen molar-refractivity contribution in [1.29, 1.82) is 0 Å². The van der Waals surface area contributed by atoms with Gasteiger partial charge in [0.1, 0.15) is 5.82 Å². The van der Waals surface area contributed by atoms with E-state index in [0.29, 0.717) is 5.69 Å². The van der Waals surface area contributed by atoms with Crippen LogP contribution in [0.3, 0.4) is 0 Å². The van der Waals surface area contributed by atoms with E-state index in [1.165, 1.54) is 18.2 Å². The van der Waals surface area contributed by atoms with Gasteiger partial charge >= 0.3 is 5.70 Å². The SMILES string of the molecule is O=C/C(=C\Nc1cccc(F)c1)[N+](=O)[O-]. The van der Waals surface area contributed by atoms with E-state index in [9.17, 15) is 19.3 Å². The van der Waals surface area contributed by atoms with Gasteiger partial charge in [-0.1, -0.05) is 6.07 Å². The molecule has 0 aliphatic carbocycles. The molecule has 0 amide bonds. The largest absolute Gasteiger partial charge is 0.356 e. The maximum Gasteiger partial charge on any atom is 0.324 e. The van der Waals surface area contributed by atoms with Crippen molar-refractivity contribution in [1.82, 2.24) is 0 Å². The van der Waals surface area contributed by atoms with E-state index in [2.05, 4.69) is 5.32 Å². The minimum Gasteiger partial charge on any atom is -0.356 e. The highest BCUT2D eigenvalue weighted by Gasteiger charge is 2.07. The lowest BCUT2D eigenvalue weighted by atomic mass is 10.3. The number of benzene rings is 1. The zero-order valence-electron chi connectivity index (χ0n) is 7.51. The second kappa shape index (κ2) is 4.85.